The van der Waals surface area contributed by atoms with E-state index in [9.17, 15) is 4.79 Å². The van der Waals surface area contributed by atoms with Crippen LogP contribution >= 0.6 is 24.0 Å². The number of aromatic nitrogens is 2. The Morgan fingerprint density at radius 2 is 1.85 bits per heavy atom. The average Bonchev–Trinajstić information content (AvgIpc) is 3.31. The number of nitrogens with zero attached hydrogens (tertiary/aromatic N) is 5. The maximum absolute atomic E-state index is 12.6. The molecule has 2 aliphatic heterocycles. The van der Waals surface area contributed by atoms with Gasteiger partial charge in [0.1, 0.15) is 0 Å². The van der Waals surface area contributed by atoms with Crippen molar-refractivity contribution in [2.75, 3.05) is 51.0 Å². The van der Waals surface area contributed by atoms with Crippen LogP contribution in [0, 0.1) is 0 Å². The van der Waals surface area contributed by atoms with Crippen molar-refractivity contribution in [2.24, 2.45) is 4.99 Å². The van der Waals surface area contributed by atoms with E-state index in [1.54, 1.807) is 18.5 Å². The number of hydrogen-bond acceptors (Lipinski definition) is 7. The maximum atomic E-state index is 12.6. The van der Waals surface area contributed by atoms with E-state index in [4.69, 9.17) is 9.47 Å². The summed E-state index contributed by atoms with van der Waals surface area (Å²) in [5, 5.41) is 6.47. The highest BCUT2D eigenvalue weighted by atomic mass is 127. The summed E-state index contributed by atoms with van der Waals surface area (Å²) < 4.78 is 10.8. The first-order valence-electron chi connectivity index (χ1n) is 10.9. The number of anilines is 1. The number of rotatable bonds is 7. The molecule has 33 heavy (non-hydrogen) atoms. The minimum Gasteiger partial charge on any atom is -0.454 e. The van der Waals surface area contributed by atoms with Crippen molar-refractivity contribution in [1.82, 2.24) is 25.5 Å². The van der Waals surface area contributed by atoms with Crippen LogP contribution in [0.4, 0.5) is 5.95 Å². The molecule has 0 atom stereocenters. The molecule has 1 aromatic carbocycles. The molecule has 4 rings (SSSR count). The Balaban J connectivity index is 0.00000306. The molecular formula is C22H30IN7O3. The van der Waals surface area contributed by atoms with Gasteiger partial charge in [-0.15, -0.1) is 24.0 Å². The first-order valence-corrected chi connectivity index (χ1v) is 10.9. The van der Waals surface area contributed by atoms with E-state index in [2.05, 4.69) is 30.5 Å². The SMILES string of the molecule is CCNC(=NCc1ccc2c(c1)OCO2)NCCC(=O)N1CCN(c2ncccn2)CC1.I. The van der Waals surface area contributed by atoms with Crippen LogP contribution < -0.4 is 25.0 Å². The Hall–Kier alpha value is -2.83. The molecule has 1 aromatic heterocycles. The quantitative estimate of drug-likeness (QED) is 0.296. The van der Waals surface area contributed by atoms with Gasteiger partial charge in [-0.05, 0) is 30.7 Å². The summed E-state index contributed by atoms with van der Waals surface area (Å²) in [6.45, 7) is 6.87. The normalized spacial score (nSPS) is 15.1. The maximum Gasteiger partial charge on any atom is 0.231 e. The third-order valence-corrected chi connectivity index (χ3v) is 5.30. The molecule has 0 spiro atoms. The summed E-state index contributed by atoms with van der Waals surface area (Å²) in [5.74, 6) is 3.05. The van der Waals surface area contributed by atoms with Gasteiger partial charge in [0.2, 0.25) is 18.6 Å². The fraction of sp³-hybridized carbons (Fsp3) is 0.455. The molecule has 3 heterocycles. The van der Waals surface area contributed by atoms with Gasteiger partial charge in [-0.2, -0.15) is 0 Å². The van der Waals surface area contributed by atoms with Crippen molar-refractivity contribution in [3.63, 3.8) is 0 Å². The molecule has 0 saturated carbocycles. The van der Waals surface area contributed by atoms with E-state index < -0.39 is 0 Å². The monoisotopic (exact) mass is 567 g/mol. The van der Waals surface area contributed by atoms with Gasteiger partial charge in [-0.3, -0.25) is 4.79 Å². The first kappa shape index (κ1) is 24.8. The number of halogens is 1. The van der Waals surface area contributed by atoms with E-state index in [0.29, 0.717) is 38.6 Å². The van der Waals surface area contributed by atoms with E-state index in [-0.39, 0.29) is 36.7 Å². The minimum atomic E-state index is 0. The summed E-state index contributed by atoms with van der Waals surface area (Å²) in [6.07, 6.45) is 3.89. The molecule has 11 heteroatoms. The van der Waals surface area contributed by atoms with Crippen LogP contribution in [-0.4, -0.2) is 72.8 Å². The van der Waals surface area contributed by atoms with Crippen LogP contribution in [0.15, 0.2) is 41.7 Å². The number of fused-ring (bicyclic) bond motifs is 1. The van der Waals surface area contributed by atoms with Crippen LogP contribution in [0.25, 0.3) is 0 Å². The van der Waals surface area contributed by atoms with Crippen LogP contribution in [-0.2, 0) is 11.3 Å². The number of piperazine rings is 1. The molecule has 0 radical (unpaired) electrons. The summed E-state index contributed by atoms with van der Waals surface area (Å²) in [4.78, 5) is 29.8. The van der Waals surface area contributed by atoms with Crippen molar-refractivity contribution in [2.45, 2.75) is 19.9 Å². The molecule has 0 aliphatic carbocycles. The predicted molar refractivity (Wildman–Crippen MR) is 136 cm³/mol. The number of benzene rings is 1. The number of aliphatic imine (C=N–C) groups is 1. The molecular weight excluding hydrogens is 537 g/mol. The molecule has 2 N–H and O–H groups in total. The van der Waals surface area contributed by atoms with Gasteiger partial charge in [-0.25, -0.2) is 15.0 Å². The fourth-order valence-corrected chi connectivity index (χ4v) is 3.61. The molecule has 2 aromatic rings. The standard InChI is InChI=1S/C22H29N7O3.HI/c1-2-23-21(27-15-17-4-5-18-19(14-17)32-16-31-18)24-9-6-20(30)28-10-12-29(13-11-28)22-25-7-3-8-26-22;/h3-5,7-8,14H,2,6,9-13,15-16H2,1H3,(H2,23,24,27);1H. The van der Waals surface area contributed by atoms with Crippen molar-refractivity contribution >= 4 is 41.8 Å². The minimum absolute atomic E-state index is 0. The van der Waals surface area contributed by atoms with Crippen molar-refractivity contribution in [3.05, 3.63) is 42.2 Å². The van der Waals surface area contributed by atoms with Crippen LogP contribution in [0.3, 0.4) is 0 Å². The van der Waals surface area contributed by atoms with Gasteiger partial charge >= 0.3 is 0 Å². The highest BCUT2D eigenvalue weighted by Gasteiger charge is 2.22. The highest BCUT2D eigenvalue weighted by molar-refractivity contribution is 14.0. The Labute approximate surface area is 210 Å². The second-order valence-electron chi connectivity index (χ2n) is 7.48. The largest absolute Gasteiger partial charge is 0.454 e. The molecule has 1 saturated heterocycles. The lowest BCUT2D eigenvalue weighted by atomic mass is 10.2. The number of amides is 1. The number of carbonyl (C=O) groups is 1. The van der Waals surface area contributed by atoms with Gasteiger partial charge in [-0.1, -0.05) is 6.07 Å². The van der Waals surface area contributed by atoms with Gasteiger partial charge in [0.25, 0.3) is 0 Å². The van der Waals surface area contributed by atoms with E-state index in [0.717, 1.165) is 42.6 Å². The van der Waals surface area contributed by atoms with Crippen molar-refractivity contribution in [3.8, 4) is 11.5 Å². The van der Waals surface area contributed by atoms with E-state index in [1.165, 1.54) is 0 Å². The third-order valence-electron chi connectivity index (χ3n) is 5.30. The molecule has 0 bridgehead atoms. The number of carbonyl (C=O) groups excluding carboxylic acids is 1. The van der Waals surface area contributed by atoms with Gasteiger partial charge < -0.3 is 29.9 Å². The zero-order valence-electron chi connectivity index (χ0n) is 18.7. The lowest BCUT2D eigenvalue weighted by Gasteiger charge is -2.34. The molecule has 178 valence electrons. The second kappa shape index (κ2) is 12.4. The van der Waals surface area contributed by atoms with Crippen molar-refractivity contribution in [1.29, 1.82) is 0 Å². The zero-order valence-corrected chi connectivity index (χ0v) is 21.0. The van der Waals surface area contributed by atoms with Gasteiger partial charge in [0.15, 0.2) is 17.5 Å². The summed E-state index contributed by atoms with van der Waals surface area (Å²) >= 11 is 0. The number of ether oxygens (including phenoxy) is 2. The third kappa shape index (κ3) is 6.83. The molecule has 2 aliphatic rings. The fourth-order valence-electron chi connectivity index (χ4n) is 3.61. The second-order valence-corrected chi connectivity index (χ2v) is 7.48. The number of nitrogens with one attached hydrogen (secondary N) is 2. The van der Waals surface area contributed by atoms with Crippen LogP contribution in [0.5, 0.6) is 11.5 Å². The van der Waals surface area contributed by atoms with Crippen LogP contribution in [0.1, 0.15) is 18.9 Å². The average molecular weight is 567 g/mol. The number of hydrogen-bond donors (Lipinski definition) is 2. The summed E-state index contributed by atoms with van der Waals surface area (Å²) in [5.41, 5.74) is 1.03. The van der Waals surface area contributed by atoms with Gasteiger partial charge in [0.05, 0.1) is 6.54 Å². The summed E-state index contributed by atoms with van der Waals surface area (Å²) in [7, 11) is 0. The Morgan fingerprint density at radius 3 is 2.61 bits per heavy atom. The predicted octanol–water partition coefficient (Wildman–Crippen LogP) is 1.62. The number of guanidine groups is 1. The topological polar surface area (TPSA) is 104 Å². The lowest BCUT2D eigenvalue weighted by Crippen LogP contribution is -2.50. The van der Waals surface area contributed by atoms with Crippen LogP contribution in [0.2, 0.25) is 0 Å². The zero-order chi connectivity index (χ0) is 22.2. The van der Waals surface area contributed by atoms with Crippen molar-refractivity contribution < 1.29 is 14.3 Å². The smallest absolute Gasteiger partial charge is 0.231 e. The van der Waals surface area contributed by atoms with E-state index >= 15 is 0 Å². The Bertz CT molecular complexity index is 937. The summed E-state index contributed by atoms with van der Waals surface area (Å²) in [6, 6.07) is 7.62. The first-order chi connectivity index (χ1) is 15.7. The molecule has 1 fully saturated rings. The Kier molecular flexibility index (Phi) is 9.34. The molecule has 1 amide bonds. The van der Waals surface area contributed by atoms with E-state index in [1.807, 2.05) is 30.0 Å². The van der Waals surface area contributed by atoms with Gasteiger partial charge in [0, 0.05) is 58.1 Å². The molecule has 10 nitrogen and oxygen atoms in total. The highest BCUT2D eigenvalue weighted by Crippen LogP contribution is 2.32. The molecule has 0 unspecified atom stereocenters. The Morgan fingerprint density at radius 1 is 1.09 bits per heavy atom. The lowest BCUT2D eigenvalue weighted by molar-refractivity contribution is -0.131.